The number of nitrogens with zero attached hydrogens (tertiary/aromatic N) is 5. The van der Waals surface area contributed by atoms with Gasteiger partial charge < -0.3 is 4.98 Å². The van der Waals surface area contributed by atoms with Crippen molar-refractivity contribution in [1.82, 2.24) is 29.1 Å². The molecule has 0 unspecified atom stereocenters. The number of benzene rings is 2. The van der Waals surface area contributed by atoms with E-state index in [-0.39, 0.29) is 0 Å². The van der Waals surface area contributed by atoms with E-state index in [1.807, 2.05) is 68.6 Å². The van der Waals surface area contributed by atoms with Crippen molar-refractivity contribution in [3.8, 4) is 27.3 Å². The molecule has 190 valence electrons. The van der Waals surface area contributed by atoms with Gasteiger partial charge >= 0.3 is 5.69 Å². The zero-order valence-corrected chi connectivity index (χ0v) is 22.3. The molecule has 39 heavy (non-hydrogen) atoms. The van der Waals surface area contributed by atoms with Crippen LogP contribution in [0.25, 0.3) is 53.9 Å². The van der Waals surface area contributed by atoms with Crippen molar-refractivity contribution in [2.75, 3.05) is 0 Å². The molecule has 0 atom stereocenters. The standard InChI is InChI=1S/C29H19ClN6O2S/c1-15-16(2)27-32-14-33-35(27)13-20(15)19-8-5-9-21(30)25(19)24-10-22-26(39-24)28(37)36(29(38)34-22)23-12-31-11-17-6-3-4-7-18(17)23/h3-14H,1-2H3,(H,34,38). The minimum Gasteiger partial charge on any atom is -0.306 e. The number of hydrogen-bond acceptors (Lipinski definition) is 6. The topological polar surface area (TPSA) is 97.9 Å². The average Bonchev–Trinajstić information content (AvgIpc) is 3.58. The van der Waals surface area contributed by atoms with Crippen molar-refractivity contribution in [3.05, 3.63) is 110 Å². The van der Waals surface area contributed by atoms with Crippen LogP contribution in [0, 0.1) is 13.8 Å². The first-order valence-corrected chi connectivity index (χ1v) is 13.3. The fourth-order valence-electron chi connectivity index (χ4n) is 5.10. The zero-order valence-electron chi connectivity index (χ0n) is 20.8. The number of aryl methyl sites for hydroxylation is 1. The van der Waals surface area contributed by atoms with E-state index in [0.717, 1.165) is 53.7 Å². The Balaban J connectivity index is 1.47. The molecule has 0 bridgehead atoms. The molecule has 5 aromatic heterocycles. The molecule has 1 N–H and O–H groups in total. The predicted molar refractivity (Wildman–Crippen MR) is 155 cm³/mol. The normalized spacial score (nSPS) is 11.7. The van der Waals surface area contributed by atoms with Crippen molar-refractivity contribution in [1.29, 1.82) is 0 Å². The van der Waals surface area contributed by atoms with E-state index in [1.54, 1.807) is 10.7 Å². The third-order valence-corrected chi connectivity index (χ3v) is 8.59. The lowest BCUT2D eigenvalue weighted by Crippen LogP contribution is -2.33. The van der Waals surface area contributed by atoms with Crippen molar-refractivity contribution in [2.24, 2.45) is 0 Å². The highest BCUT2D eigenvalue weighted by molar-refractivity contribution is 7.22. The molecule has 8 nitrogen and oxygen atoms in total. The van der Waals surface area contributed by atoms with E-state index in [2.05, 4.69) is 20.1 Å². The van der Waals surface area contributed by atoms with Gasteiger partial charge in [0.15, 0.2) is 5.65 Å². The third kappa shape index (κ3) is 3.54. The number of aromatic nitrogens is 6. The largest absolute Gasteiger partial charge is 0.333 e. The van der Waals surface area contributed by atoms with Crippen LogP contribution in [0.4, 0.5) is 0 Å². The highest BCUT2D eigenvalue weighted by Gasteiger charge is 2.21. The quantitative estimate of drug-likeness (QED) is 0.294. The maximum atomic E-state index is 13.8. The van der Waals surface area contributed by atoms with Crippen LogP contribution < -0.4 is 11.2 Å². The maximum absolute atomic E-state index is 13.8. The Morgan fingerprint density at radius 1 is 0.974 bits per heavy atom. The lowest BCUT2D eigenvalue weighted by Gasteiger charge is -2.15. The Morgan fingerprint density at radius 3 is 2.69 bits per heavy atom. The summed E-state index contributed by atoms with van der Waals surface area (Å²) in [6, 6.07) is 15.1. The minimum atomic E-state index is -0.530. The molecular formula is C29H19ClN6O2S. The summed E-state index contributed by atoms with van der Waals surface area (Å²) in [7, 11) is 0. The Bertz CT molecular complexity index is 2220. The Hall–Kier alpha value is -4.60. The van der Waals surface area contributed by atoms with Gasteiger partial charge in [-0.05, 0) is 42.7 Å². The van der Waals surface area contributed by atoms with Gasteiger partial charge in [0.25, 0.3) is 5.56 Å². The van der Waals surface area contributed by atoms with E-state index in [0.29, 0.717) is 20.9 Å². The Morgan fingerprint density at radius 2 is 1.82 bits per heavy atom. The highest BCUT2D eigenvalue weighted by atomic mass is 35.5. The van der Waals surface area contributed by atoms with Crippen LogP contribution in [0.1, 0.15) is 11.1 Å². The Labute approximate surface area is 229 Å². The van der Waals surface area contributed by atoms with E-state index < -0.39 is 11.2 Å². The summed E-state index contributed by atoms with van der Waals surface area (Å²) in [5.74, 6) is 0. The van der Waals surface area contributed by atoms with Gasteiger partial charge in [-0.15, -0.1) is 11.3 Å². The minimum absolute atomic E-state index is 0.409. The SMILES string of the molecule is Cc1c(-c2cccc(Cl)c2-c2cc3[nH]c(=O)n(-c4cncc5ccccc45)c(=O)c3s2)cn2ncnc2c1C. The molecule has 10 heteroatoms. The van der Waals surface area contributed by atoms with Crippen LogP contribution in [0.5, 0.6) is 0 Å². The highest BCUT2D eigenvalue weighted by Crippen LogP contribution is 2.43. The third-order valence-electron chi connectivity index (χ3n) is 7.14. The fraction of sp³-hybridized carbons (Fsp3) is 0.0690. The molecule has 2 aromatic carbocycles. The first-order valence-electron chi connectivity index (χ1n) is 12.1. The number of halogens is 1. The van der Waals surface area contributed by atoms with Crippen LogP contribution in [-0.4, -0.2) is 29.1 Å². The molecule has 0 aliphatic heterocycles. The summed E-state index contributed by atoms with van der Waals surface area (Å²) in [4.78, 5) is 39.3. The second-order valence-electron chi connectivity index (χ2n) is 9.29. The number of thiophene rings is 1. The molecular weight excluding hydrogens is 532 g/mol. The van der Waals surface area contributed by atoms with Gasteiger partial charge in [-0.25, -0.2) is 18.9 Å². The summed E-state index contributed by atoms with van der Waals surface area (Å²) in [6.07, 6.45) is 6.72. The number of rotatable bonds is 3. The van der Waals surface area contributed by atoms with Crippen molar-refractivity contribution >= 4 is 49.6 Å². The molecule has 0 aliphatic carbocycles. The van der Waals surface area contributed by atoms with E-state index in [1.165, 1.54) is 23.9 Å². The average molecular weight is 551 g/mol. The van der Waals surface area contributed by atoms with Gasteiger partial charge in [0.05, 0.1) is 17.4 Å². The molecule has 0 fully saturated rings. The second-order valence-corrected chi connectivity index (χ2v) is 10.7. The predicted octanol–water partition coefficient (Wildman–Crippen LogP) is 5.94. The van der Waals surface area contributed by atoms with Crippen LogP contribution in [-0.2, 0) is 0 Å². The fourth-order valence-corrected chi connectivity index (χ4v) is 6.55. The smallest absolute Gasteiger partial charge is 0.306 e. The summed E-state index contributed by atoms with van der Waals surface area (Å²) in [5, 5.41) is 6.47. The molecule has 0 radical (unpaired) electrons. The summed E-state index contributed by atoms with van der Waals surface area (Å²) in [5.41, 5.74) is 5.44. The monoisotopic (exact) mass is 550 g/mol. The lowest BCUT2D eigenvalue weighted by molar-refractivity contribution is 0.905. The first kappa shape index (κ1) is 23.5. The number of pyridine rings is 2. The molecule has 7 rings (SSSR count). The van der Waals surface area contributed by atoms with Crippen LogP contribution >= 0.6 is 22.9 Å². The number of aromatic amines is 1. The molecule has 0 saturated carbocycles. The lowest BCUT2D eigenvalue weighted by atomic mass is 9.94. The van der Waals surface area contributed by atoms with Gasteiger partial charge in [-0.1, -0.05) is 48.0 Å². The van der Waals surface area contributed by atoms with Gasteiger partial charge in [0, 0.05) is 44.2 Å². The number of H-pyrrole nitrogens is 1. The summed E-state index contributed by atoms with van der Waals surface area (Å²) < 4.78 is 3.32. The van der Waals surface area contributed by atoms with Gasteiger partial charge in [-0.2, -0.15) is 5.10 Å². The molecule has 5 heterocycles. The van der Waals surface area contributed by atoms with E-state index in [9.17, 15) is 9.59 Å². The summed E-state index contributed by atoms with van der Waals surface area (Å²) in [6.45, 7) is 4.06. The number of fused-ring (bicyclic) bond motifs is 3. The van der Waals surface area contributed by atoms with Crippen molar-refractivity contribution < 1.29 is 0 Å². The second kappa shape index (κ2) is 8.72. The van der Waals surface area contributed by atoms with Crippen molar-refractivity contribution in [2.45, 2.75) is 13.8 Å². The first-order chi connectivity index (χ1) is 18.9. The molecule has 7 aromatic rings. The number of hydrogen-bond donors (Lipinski definition) is 1. The number of nitrogens with one attached hydrogen (secondary N) is 1. The van der Waals surface area contributed by atoms with Gasteiger partial charge in [0.2, 0.25) is 0 Å². The van der Waals surface area contributed by atoms with E-state index >= 15 is 0 Å². The van der Waals surface area contributed by atoms with Crippen molar-refractivity contribution in [3.63, 3.8) is 0 Å². The molecule has 0 spiro atoms. The molecule has 0 aliphatic rings. The van der Waals surface area contributed by atoms with Gasteiger partial charge in [0.1, 0.15) is 11.0 Å². The maximum Gasteiger partial charge on any atom is 0.333 e. The van der Waals surface area contributed by atoms with Crippen LogP contribution in [0.15, 0.2) is 83.0 Å². The van der Waals surface area contributed by atoms with Crippen LogP contribution in [0.3, 0.4) is 0 Å². The Kier molecular flexibility index (Phi) is 5.26. The molecule has 0 amide bonds. The van der Waals surface area contributed by atoms with Gasteiger partial charge in [-0.3, -0.25) is 9.78 Å². The van der Waals surface area contributed by atoms with Crippen LogP contribution in [0.2, 0.25) is 5.02 Å². The zero-order chi connectivity index (χ0) is 26.8. The van der Waals surface area contributed by atoms with E-state index in [4.69, 9.17) is 11.6 Å². The molecule has 0 saturated heterocycles. The summed E-state index contributed by atoms with van der Waals surface area (Å²) >= 11 is 8.10.